The van der Waals surface area contributed by atoms with Crippen LogP contribution in [0.3, 0.4) is 0 Å². The first-order valence-electron chi connectivity index (χ1n) is 8.86. The van der Waals surface area contributed by atoms with Crippen LogP contribution in [0.2, 0.25) is 0 Å². The summed E-state index contributed by atoms with van der Waals surface area (Å²) in [6.07, 6.45) is 7.79. The fraction of sp³-hybridized carbons (Fsp3) is 0.941. The molecule has 5 nitrogen and oxygen atoms in total. The second-order valence-corrected chi connectivity index (χ2v) is 6.96. The van der Waals surface area contributed by atoms with Crippen LogP contribution < -0.4 is 5.32 Å². The van der Waals surface area contributed by atoms with Crippen molar-refractivity contribution in [1.29, 1.82) is 0 Å². The van der Waals surface area contributed by atoms with E-state index in [-0.39, 0.29) is 12.2 Å². The standard InChI is InChI=1S/C17H32N2O3/c1-13(14-8-10-19(11-9-14)17(21)22-2)18-12-16(20)15-6-4-3-5-7-15/h13-16,18,20H,3-12H2,1-2H3/t13-,16-/m1/s1. The highest BCUT2D eigenvalue weighted by Gasteiger charge is 2.28. The van der Waals surface area contributed by atoms with E-state index >= 15 is 0 Å². The summed E-state index contributed by atoms with van der Waals surface area (Å²) in [5.41, 5.74) is 0. The maximum absolute atomic E-state index is 11.5. The molecule has 0 aromatic rings. The Balaban J connectivity index is 1.67. The molecule has 2 atom stereocenters. The molecule has 1 saturated carbocycles. The SMILES string of the molecule is COC(=O)N1CCC([C@@H](C)NC[C@@H](O)C2CCCCC2)CC1. The van der Waals surface area contributed by atoms with Gasteiger partial charge in [0.1, 0.15) is 0 Å². The molecule has 1 saturated heterocycles. The van der Waals surface area contributed by atoms with E-state index < -0.39 is 0 Å². The van der Waals surface area contributed by atoms with Crippen molar-refractivity contribution >= 4 is 6.09 Å². The van der Waals surface area contributed by atoms with Crippen molar-refractivity contribution in [1.82, 2.24) is 10.2 Å². The van der Waals surface area contributed by atoms with Crippen molar-refractivity contribution in [3.63, 3.8) is 0 Å². The van der Waals surface area contributed by atoms with Gasteiger partial charge in [-0.1, -0.05) is 19.3 Å². The Morgan fingerprint density at radius 3 is 2.41 bits per heavy atom. The average molecular weight is 312 g/mol. The lowest BCUT2D eigenvalue weighted by Gasteiger charge is -2.35. The summed E-state index contributed by atoms with van der Waals surface area (Å²) in [5.74, 6) is 1.05. The summed E-state index contributed by atoms with van der Waals surface area (Å²) in [7, 11) is 1.44. The number of carbonyl (C=O) groups excluding carboxylic acids is 1. The van der Waals surface area contributed by atoms with Crippen molar-refractivity contribution < 1.29 is 14.6 Å². The van der Waals surface area contributed by atoms with E-state index in [0.717, 1.165) is 25.9 Å². The summed E-state index contributed by atoms with van der Waals surface area (Å²) < 4.78 is 4.77. The van der Waals surface area contributed by atoms with Crippen molar-refractivity contribution in [2.75, 3.05) is 26.7 Å². The molecule has 2 aliphatic rings. The molecule has 2 rings (SSSR count). The minimum atomic E-state index is -0.216. The number of amides is 1. The molecule has 1 aliphatic carbocycles. The third-order valence-electron chi connectivity index (χ3n) is 5.52. The molecule has 0 radical (unpaired) electrons. The third-order valence-corrected chi connectivity index (χ3v) is 5.52. The number of likely N-dealkylation sites (tertiary alicyclic amines) is 1. The van der Waals surface area contributed by atoms with E-state index in [9.17, 15) is 9.90 Å². The molecule has 22 heavy (non-hydrogen) atoms. The summed E-state index contributed by atoms with van der Waals surface area (Å²) in [6, 6.07) is 0.387. The Morgan fingerprint density at radius 2 is 1.82 bits per heavy atom. The van der Waals surface area contributed by atoms with Gasteiger partial charge >= 0.3 is 6.09 Å². The fourth-order valence-electron chi connectivity index (χ4n) is 3.87. The van der Waals surface area contributed by atoms with Gasteiger partial charge in [0.15, 0.2) is 0 Å². The summed E-state index contributed by atoms with van der Waals surface area (Å²) in [6.45, 7) is 4.44. The summed E-state index contributed by atoms with van der Waals surface area (Å²) in [4.78, 5) is 13.3. The monoisotopic (exact) mass is 312 g/mol. The zero-order chi connectivity index (χ0) is 15.9. The maximum atomic E-state index is 11.5. The molecular weight excluding hydrogens is 280 g/mol. The molecule has 2 N–H and O–H groups in total. The second-order valence-electron chi connectivity index (χ2n) is 6.96. The van der Waals surface area contributed by atoms with Gasteiger partial charge in [0.25, 0.3) is 0 Å². The third kappa shape index (κ3) is 4.85. The summed E-state index contributed by atoms with van der Waals surface area (Å²) in [5, 5.41) is 13.9. The van der Waals surface area contributed by atoms with Crippen LogP contribution in [-0.2, 0) is 4.74 Å². The van der Waals surface area contributed by atoms with Crippen LogP contribution in [0, 0.1) is 11.8 Å². The number of methoxy groups -OCH3 is 1. The Hall–Kier alpha value is -0.810. The molecule has 0 aromatic heterocycles. The van der Waals surface area contributed by atoms with Gasteiger partial charge in [-0.25, -0.2) is 4.79 Å². The molecule has 5 heteroatoms. The zero-order valence-electron chi connectivity index (χ0n) is 14.1. The van der Waals surface area contributed by atoms with Crippen LogP contribution >= 0.6 is 0 Å². The van der Waals surface area contributed by atoms with Gasteiger partial charge in [0, 0.05) is 25.7 Å². The van der Waals surface area contributed by atoms with Gasteiger partial charge < -0.3 is 20.1 Å². The van der Waals surface area contributed by atoms with Crippen molar-refractivity contribution in [2.45, 2.75) is 64.0 Å². The van der Waals surface area contributed by atoms with Gasteiger partial charge in [0.05, 0.1) is 13.2 Å². The first-order valence-corrected chi connectivity index (χ1v) is 8.86. The molecule has 1 aliphatic heterocycles. The van der Waals surface area contributed by atoms with Crippen molar-refractivity contribution in [3.8, 4) is 0 Å². The number of hydrogen-bond acceptors (Lipinski definition) is 4. The van der Waals surface area contributed by atoms with E-state index in [1.807, 2.05) is 0 Å². The normalized spacial score (nSPS) is 24.0. The Morgan fingerprint density at radius 1 is 1.18 bits per heavy atom. The highest BCUT2D eigenvalue weighted by molar-refractivity contribution is 5.67. The molecule has 0 aromatic carbocycles. The Labute approximate surface area is 134 Å². The van der Waals surface area contributed by atoms with Gasteiger partial charge in [0.2, 0.25) is 0 Å². The van der Waals surface area contributed by atoms with E-state index in [1.165, 1.54) is 39.2 Å². The lowest BCUT2D eigenvalue weighted by molar-refractivity contribution is 0.0747. The predicted octanol–water partition coefficient (Wildman–Crippen LogP) is 2.38. The first-order chi connectivity index (χ1) is 10.6. The highest BCUT2D eigenvalue weighted by Crippen LogP contribution is 2.26. The minimum Gasteiger partial charge on any atom is -0.453 e. The molecule has 1 amide bonds. The first kappa shape index (κ1) is 17.5. The Bertz CT molecular complexity index is 337. The Kier molecular flexibility index (Phi) is 6.96. The number of aliphatic hydroxyl groups is 1. The minimum absolute atomic E-state index is 0.210. The van der Waals surface area contributed by atoms with E-state index in [0.29, 0.717) is 24.4 Å². The number of hydrogen-bond donors (Lipinski definition) is 2. The zero-order valence-corrected chi connectivity index (χ0v) is 14.1. The van der Waals surface area contributed by atoms with Gasteiger partial charge in [-0.3, -0.25) is 0 Å². The predicted molar refractivity (Wildman–Crippen MR) is 86.7 cm³/mol. The highest BCUT2D eigenvalue weighted by atomic mass is 16.5. The number of piperidine rings is 1. The molecule has 0 unspecified atom stereocenters. The largest absolute Gasteiger partial charge is 0.453 e. The van der Waals surface area contributed by atoms with E-state index in [1.54, 1.807) is 4.90 Å². The van der Waals surface area contributed by atoms with Crippen LogP contribution in [0.4, 0.5) is 4.79 Å². The number of rotatable bonds is 5. The quantitative estimate of drug-likeness (QED) is 0.818. The molecule has 2 fully saturated rings. The molecule has 1 heterocycles. The van der Waals surface area contributed by atoms with Crippen LogP contribution in [0.25, 0.3) is 0 Å². The topological polar surface area (TPSA) is 61.8 Å². The van der Waals surface area contributed by atoms with E-state index in [2.05, 4.69) is 12.2 Å². The lowest BCUT2D eigenvalue weighted by atomic mass is 9.85. The smallest absolute Gasteiger partial charge is 0.409 e. The number of nitrogens with zero attached hydrogens (tertiary/aromatic N) is 1. The molecule has 128 valence electrons. The number of nitrogens with one attached hydrogen (secondary N) is 1. The van der Waals surface area contributed by atoms with Gasteiger partial charge in [-0.15, -0.1) is 0 Å². The van der Waals surface area contributed by atoms with Crippen molar-refractivity contribution in [3.05, 3.63) is 0 Å². The van der Waals surface area contributed by atoms with Crippen LogP contribution in [-0.4, -0.2) is 55.0 Å². The maximum Gasteiger partial charge on any atom is 0.409 e. The number of ether oxygens (including phenoxy) is 1. The number of aliphatic hydroxyl groups excluding tert-OH is 1. The lowest BCUT2D eigenvalue weighted by Crippen LogP contribution is -2.46. The van der Waals surface area contributed by atoms with Crippen LogP contribution in [0.15, 0.2) is 0 Å². The van der Waals surface area contributed by atoms with Crippen LogP contribution in [0.5, 0.6) is 0 Å². The van der Waals surface area contributed by atoms with Gasteiger partial charge in [-0.05, 0) is 44.4 Å². The fourth-order valence-corrected chi connectivity index (χ4v) is 3.87. The average Bonchev–Trinajstić information content (AvgIpc) is 2.59. The molecular formula is C17H32N2O3. The molecule has 0 bridgehead atoms. The van der Waals surface area contributed by atoms with Crippen molar-refractivity contribution in [2.24, 2.45) is 11.8 Å². The number of carbonyl (C=O) groups is 1. The van der Waals surface area contributed by atoms with Crippen LogP contribution in [0.1, 0.15) is 51.9 Å². The molecule has 0 spiro atoms. The van der Waals surface area contributed by atoms with Gasteiger partial charge in [-0.2, -0.15) is 0 Å². The second kappa shape index (κ2) is 8.73. The van der Waals surface area contributed by atoms with E-state index in [4.69, 9.17) is 4.74 Å². The summed E-state index contributed by atoms with van der Waals surface area (Å²) >= 11 is 0.